The normalized spacial score (nSPS) is 16.5. The monoisotopic (exact) mass is 333 g/mol. The van der Waals surface area contributed by atoms with Crippen molar-refractivity contribution in [3.05, 3.63) is 56.7 Å². The number of thiophene rings is 1. The van der Waals surface area contributed by atoms with Gasteiger partial charge in [-0.25, -0.2) is 0 Å². The number of hydrogen-bond donors (Lipinski definition) is 0. The SMILES string of the molecule is Cc1ccsc1C=NN1CCN(Cc2ccc(Cl)cc2)CC1. The van der Waals surface area contributed by atoms with Crippen LogP contribution in [0.25, 0.3) is 0 Å². The van der Waals surface area contributed by atoms with Crippen LogP contribution in [0.15, 0.2) is 40.8 Å². The van der Waals surface area contributed by atoms with Crippen LogP contribution in [0.5, 0.6) is 0 Å². The quantitative estimate of drug-likeness (QED) is 0.791. The van der Waals surface area contributed by atoms with Crippen molar-refractivity contribution in [1.29, 1.82) is 0 Å². The molecule has 1 aliphatic rings. The van der Waals surface area contributed by atoms with Gasteiger partial charge in [-0.1, -0.05) is 23.7 Å². The number of piperazine rings is 1. The van der Waals surface area contributed by atoms with Crippen LogP contribution in [0.2, 0.25) is 5.02 Å². The molecule has 0 atom stereocenters. The van der Waals surface area contributed by atoms with Crippen LogP contribution in [0, 0.1) is 6.92 Å². The first-order valence-corrected chi connectivity index (χ1v) is 8.76. The van der Waals surface area contributed by atoms with Crippen LogP contribution in [0.1, 0.15) is 16.0 Å². The van der Waals surface area contributed by atoms with Crippen LogP contribution < -0.4 is 0 Å². The van der Waals surface area contributed by atoms with Crippen molar-refractivity contribution in [2.45, 2.75) is 13.5 Å². The lowest BCUT2D eigenvalue weighted by atomic mass is 10.2. The number of benzene rings is 1. The van der Waals surface area contributed by atoms with Gasteiger partial charge in [0.15, 0.2) is 0 Å². The van der Waals surface area contributed by atoms with E-state index in [0.717, 1.165) is 37.7 Å². The van der Waals surface area contributed by atoms with E-state index in [9.17, 15) is 0 Å². The van der Waals surface area contributed by atoms with E-state index in [1.54, 1.807) is 11.3 Å². The minimum absolute atomic E-state index is 0.798. The Balaban J connectivity index is 1.49. The first-order valence-electron chi connectivity index (χ1n) is 7.50. The maximum absolute atomic E-state index is 5.93. The molecule has 0 saturated carbocycles. The molecule has 3 rings (SSSR count). The van der Waals surface area contributed by atoms with Gasteiger partial charge in [0.05, 0.1) is 6.21 Å². The summed E-state index contributed by atoms with van der Waals surface area (Å²) in [5.74, 6) is 0. The summed E-state index contributed by atoms with van der Waals surface area (Å²) in [5, 5.41) is 9.69. The van der Waals surface area contributed by atoms with Gasteiger partial charge in [0.25, 0.3) is 0 Å². The highest BCUT2D eigenvalue weighted by molar-refractivity contribution is 7.11. The molecule has 116 valence electrons. The molecule has 0 aliphatic carbocycles. The Bertz CT molecular complexity index is 628. The van der Waals surface area contributed by atoms with Gasteiger partial charge < -0.3 is 0 Å². The van der Waals surface area contributed by atoms with Gasteiger partial charge in [0.1, 0.15) is 0 Å². The van der Waals surface area contributed by atoms with Gasteiger partial charge in [-0.3, -0.25) is 9.91 Å². The lowest BCUT2D eigenvalue weighted by molar-refractivity contribution is 0.131. The predicted octanol–water partition coefficient (Wildman–Crippen LogP) is 3.86. The Morgan fingerprint density at radius 1 is 1.14 bits per heavy atom. The molecule has 2 aromatic rings. The van der Waals surface area contributed by atoms with Crippen molar-refractivity contribution in [3.63, 3.8) is 0 Å². The average Bonchev–Trinajstić information content (AvgIpc) is 2.94. The maximum atomic E-state index is 5.93. The van der Waals surface area contributed by atoms with Crippen molar-refractivity contribution in [2.24, 2.45) is 5.10 Å². The van der Waals surface area contributed by atoms with E-state index in [1.807, 2.05) is 18.3 Å². The molecule has 0 radical (unpaired) electrons. The molecule has 1 fully saturated rings. The fourth-order valence-corrected chi connectivity index (χ4v) is 3.42. The topological polar surface area (TPSA) is 18.8 Å². The molecule has 1 saturated heterocycles. The van der Waals surface area contributed by atoms with E-state index in [4.69, 9.17) is 11.6 Å². The molecule has 3 nitrogen and oxygen atoms in total. The molecule has 1 aromatic heterocycles. The summed E-state index contributed by atoms with van der Waals surface area (Å²) in [6.07, 6.45) is 1.99. The number of halogens is 1. The van der Waals surface area contributed by atoms with E-state index < -0.39 is 0 Å². The molecule has 0 spiro atoms. The highest BCUT2D eigenvalue weighted by Gasteiger charge is 2.15. The Hall–Kier alpha value is -1.36. The van der Waals surface area contributed by atoms with Crippen LogP contribution in [0.4, 0.5) is 0 Å². The molecule has 0 amide bonds. The molecule has 0 N–H and O–H groups in total. The lowest BCUT2D eigenvalue weighted by Crippen LogP contribution is -2.43. The third-order valence-electron chi connectivity index (χ3n) is 3.91. The minimum atomic E-state index is 0.798. The molecule has 0 unspecified atom stereocenters. The molecule has 1 aromatic carbocycles. The van der Waals surface area contributed by atoms with Crippen LogP contribution in [0.3, 0.4) is 0 Å². The number of rotatable bonds is 4. The largest absolute Gasteiger partial charge is 0.295 e. The number of hydrogen-bond acceptors (Lipinski definition) is 4. The summed E-state index contributed by atoms with van der Waals surface area (Å²) in [6.45, 7) is 7.16. The first kappa shape index (κ1) is 15.5. The van der Waals surface area contributed by atoms with Crippen molar-refractivity contribution in [1.82, 2.24) is 9.91 Å². The van der Waals surface area contributed by atoms with E-state index in [1.165, 1.54) is 16.0 Å². The maximum Gasteiger partial charge on any atom is 0.0645 e. The molecule has 5 heteroatoms. The highest BCUT2D eigenvalue weighted by atomic mass is 35.5. The van der Waals surface area contributed by atoms with Crippen LogP contribution >= 0.6 is 22.9 Å². The Kier molecular flexibility index (Phi) is 5.13. The molecule has 22 heavy (non-hydrogen) atoms. The number of nitrogens with zero attached hydrogens (tertiary/aromatic N) is 3. The van der Waals surface area contributed by atoms with Gasteiger partial charge in [0.2, 0.25) is 0 Å². The van der Waals surface area contributed by atoms with Gasteiger partial charge >= 0.3 is 0 Å². The molecular weight excluding hydrogens is 314 g/mol. The Morgan fingerprint density at radius 2 is 1.86 bits per heavy atom. The number of hydrazone groups is 1. The van der Waals surface area contributed by atoms with E-state index in [-0.39, 0.29) is 0 Å². The second-order valence-electron chi connectivity index (χ2n) is 5.57. The second-order valence-corrected chi connectivity index (χ2v) is 6.95. The zero-order chi connectivity index (χ0) is 15.4. The van der Waals surface area contributed by atoms with E-state index >= 15 is 0 Å². The third kappa shape index (κ3) is 4.09. The van der Waals surface area contributed by atoms with Crippen molar-refractivity contribution in [3.8, 4) is 0 Å². The Morgan fingerprint density at radius 3 is 2.50 bits per heavy atom. The van der Waals surface area contributed by atoms with Gasteiger partial charge in [-0.2, -0.15) is 5.10 Å². The second kappa shape index (κ2) is 7.27. The molecule has 0 bridgehead atoms. The third-order valence-corrected chi connectivity index (χ3v) is 5.11. The predicted molar refractivity (Wildman–Crippen MR) is 95.0 cm³/mol. The lowest BCUT2D eigenvalue weighted by Gasteiger charge is -2.33. The molecule has 1 aliphatic heterocycles. The van der Waals surface area contributed by atoms with E-state index in [0.29, 0.717) is 0 Å². The summed E-state index contributed by atoms with van der Waals surface area (Å²) < 4.78 is 0. The number of aryl methyl sites for hydroxylation is 1. The fourth-order valence-electron chi connectivity index (χ4n) is 2.51. The summed E-state index contributed by atoms with van der Waals surface area (Å²) in [4.78, 5) is 3.72. The highest BCUT2D eigenvalue weighted by Crippen LogP contribution is 2.15. The summed E-state index contributed by atoms with van der Waals surface area (Å²) >= 11 is 7.67. The van der Waals surface area contributed by atoms with Crippen LogP contribution in [-0.2, 0) is 6.54 Å². The van der Waals surface area contributed by atoms with Crippen LogP contribution in [-0.4, -0.2) is 42.3 Å². The smallest absolute Gasteiger partial charge is 0.0645 e. The summed E-state index contributed by atoms with van der Waals surface area (Å²) in [7, 11) is 0. The van der Waals surface area contributed by atoms with Crippen molar-refractivity contribution >= 4 is 29.2 Å². The fraction of sp³-hybridized carbons (Fsp3) is 0.353. The van der Waals surface area contributed by atoms with E-state index in [2.05, 4.69) is 45.5 Å². The summed E-state index contributed by atoms with van der Waals surface area (Å²) in [5.41, 5.74) is 2.62. The first-order chi connectivity index (χ1) is 10.7. The zero-order valence-electron chi connectivity index (χ0n) is 12.7. The van der Waals surface area contributed by atoms with Crippen molar-refractivity contribution < 1.29 is 0 Å². The van der Waals surface area contributed by atoms with Gasteiger partial charge in [0, 0.05) is 42.6 Å². The molecule has 2 heterocycles. The average molecular weight is 334 g/mol. The van der Waals surface area contributed by atoms with Gasteiger partial charge in [-0.15, -0.1) is 11.3 Å². The molecular formula is C17H20ClN3S. The minimum Gasteiger partial charge on any atom is -0.295 e. The zero-order valence-corrected chi connectivity index (χ0v) is 14.3. The Labute approximate surface area is 140 Å². The van der Waals surface area contributed by atoms with Gasteiger partial charge in [-0.05, 0) is 41.6 Å². The standard InChI is InChI=1S/C17H20ClN3S/c1-14-6-11-22-17(14)12-19-21-9-7-20(8-10-21)13-15-2-4-16(18)5-3-15/h2-6,11-12H,7-10,13H2,1H3. The van der Waals surface area contributed by atoms with Crippen molar-refractivity contribution in [2.75, 3.05) is 26.2 Å². The summed E-state index contributed by atoms with van der Waals surface area (Å²) in [6, 6.07) is 10.3.